The van der Waals surface area contributed by atoms with Crippen molar-refractivity contribution in [3.05, 3.63) is 23.9 Å². The molecule has 18 heavy (non-hydrogen) atoms. The van der Waals surface area contributed by atoms with Crippen molar-refractivity contribution in [2.45, 2.75) is 24.6 Å². The summed E-state index contributed by atoms with van der Waals surface area (Å²) in [6, 6.07) is 2.60. The third kappa shape index (κ3) is 2.23. The molecule has 5 nitrogen and oxygen atoms in total. The van der Waals surface area contributed by atoms with Gasteiger partial charge in [0.25, 0.3) is 5.91 Å². The second-order valence-electron chi connectivity index (χ2n) is 4.11. The maximum absolute atomic E-state index is 12.7. The highest BCUT2D eigenvalue weighted by molar-refractivity contribution is 5.95. The minimum atomic E-state index is -4.43. The first-order valence-corrected chi connectivity index (χ1v) is 5.20. The van der Waals surface area contributed by atoms with E-state index in [1.165, 1.54) is 18.3 Å². The molecule has 98 valence electrons. The first-order chi connectivity index (χ1) is 8.38. The number of nitrogen functional groups attached to an aromatic ring is 1. The maximum Gasteiger partial charge on any atom is 0.411 e. The van der Waals surface area contributed by atoms with Crippen LogP contribution >= 0.6 is 0 Å². The number of halogens is 3. The van der Waals surface area contributed by atoms with Gasteiger partial charge in [-0.05, 0) is 25.0 Å². The van der Waals surface area contributed by atoms with Gasteiger partial charge in [-0.2, -0.15) is 13.2 Å². The van der Waals surface area contributed by atoms with Crippen molar-refractivity contribution in [3.8, 4) is 0 Å². The van der Waals surface area contributed by atoms with E-state index in [2.05, 4.69) is 10.4 Å². The summed E-state index contributed by atoms with van der Waals surface area (Å²) in [5.74, 6) is 4.52. The van der Waals surface area contributed by atoms with E-state index in [0.717, 1.165) is 0 Å². The Morgan fingerprint density at radius 2 is 2.11 bits per heavy atom. The molecule has 2 rings (SSSR count). The smallest absolute Gasteiger partial charge is 0.338 e. The fourth-order valence-corrected chi connectivity index (χ4v) is 1.54. The normalized spacial score (nSPS) is 17.1. The van der Waals surface area contributed by atoms with Gasteiger partial charge in [0.15, 0.2) is 0 Å². The van der Waals surface area contributed by atoms with Gasteiger partial charge in [0, 0.05) is 11.8 Å². The number of alkyl halides is 3. The molecule has 1 fully saturated rings. The van der Waals surface area contributed by atoms with Crippen LogP contribution in [0.3, 0.4) is 0 Å². The highest BCUT2D eigenvalue weighted by Gasteiger charge is 2.64. The number of aromatic nitrogens is 1. The zero-order valence-electron chi connectivity index (χ0n) is 9.21. The maximum atomic E-state index is 12.7. The number of hydrogen-bond donors (Lipinski definition) is 3. The van der Waals surface area contributed by atoms with Crippen LogP contribution in [0.2, 0.25) is 0 Å². The lowest BCUT2D eigenvalue weighted by Gasteiger charge is -2.20. The highest BCUT2D eigenvalue weighted by atomic mass is 19.4. The fourth-order valence-electron chi connectivity index (χ4n) is 1.54. The van der Waals surface area contributed by atoms with Crippen LogP contribution in [0.1, 0.15) is 23.2 Å². The summed E-state index contributed by atoms with van der Waals surface area (Å²) >= 11 is 0. The lowest BCUT2D eigenvalue weighted by Crippen LogP contribution is -2.47. The van der Waals surface area contributed by atoms with E-state index in [0.29, 0.717) is 0 Å². The molecule has 4 N–H and O–H groups in total. The molecule has 0 bridgehead atoms. The summed E-state index contributed by atoms with van der Waals surface area (Å²) in [6.07, 6.45) is -3.31. The quantitative estimate of drug-likeness (QED) is 0.563. The van der Waals surface area contributed by atoms with Crippen LogP contribution < -0.4 is 16.6 Å². The predicted octanol–water partition coefficient (Wildman–Crippen LogP) is 1.19. The number of nitrogens with one attached hydrogen (secondary N) is 2. The molecule has 1 aliphatic carbocycles. The fraction of sp³-hybridized carbons (Fsp3) is 0.400. The number of carbonyl (C=O) groups is 1. The Balaban J connectivity index is 2.13. The van der Waals surface area contributed by atoms with Crippen molar-refractivity contribution < 1.29 is 18.0 Å². The van der Waals surface area contributed by atoms with Gasteiger partial charge in [0.05, 0.1) is 0 Å². The van der Waals surface area contributed by atoms with Gasteiger partial charge in [0.1, 0.15) is 11.4 Å². The Labute approximate surface area is 101 Å². The van der Waals surface area contributed by atoms with Gasteiger partial charge >= 0.3 is 6.18 Å². The van der Waals surface area contributed by atoms with Crippen molar-refractivity contribution in [1.82, 2.24) is 10.3 Å². The second kappa shape index (κ2) is 4.13. The lowest BCUT2D eigenvalue weighted by atomic mass is 10.2. The molecular formula is C10H11F3N4O. The van der Waals surface area contributed by atoms with E-state index >= 15 is 0 Å². The Hall–Kier alpha value is -1.83. The zero-order chi connectivity index (χ0) is 13.4. The molecule has 0 unspecified atom stereocenters. The molecule has 1 saturated carbocycles. The average Bonchev–Trinajstić information content (AvgIpc) is 3.09. The van der Waals surface area contributed by atoms with E-state index in [1.807, 2.05) is 5.32 Å². The van der Waals surface area contributed by atoms with Crippen molar-refractivity contribution in [3.63, 3.8) is 0 Å². The van der Waals surface area contributed by atoms with E-state index in [4.69, 9.17) is 5.84 Å². The molecule has 1 aliphatic rings. The van der Waals surface area contributed by atoms with Gasteiger partial charge in [-0.3, -0.25) is 4.79 Å². The number of anilines is 1. The van der Waals surface area contributed by atoms with Crippen molar-refractivity contribution in [2.75, 3.05) is 5.43 Å². The first kappa shape index (κ1) is 12.6. The molecule has 1 aromatic rings. The van der Waals surface area contributed by atoms with E-state index in [9.17, 15) is 18.0 Å². The summed E-state index contributed by atoms with van der Waals surface area (Å²) < 4.78 is 38.0. The van der Waals surface area contributed by atoms with Crippen molar-refractivity contribution in [2.24, 2.45) is 5.84 Å². The molecule has 0 spiro atoms. The van der Waals surface area contributed by atoms with Gasteiger partial charge < -0.3 is 10.7 Å². The molecule has 0 radical (unpaired) electrons. The highest BCUT2D eigenvalue weighted by Crippen LogP contribution is 2.49. The van der Waals surface area contributed by atoms with Crippen LogP contribution in [0.4, 0.5) is 19.0 Å². The average molecular weight is 260 g/mol. The second-order valence-corrected chi connectivity index (χ2v) is 4.11. The zero-order valence-corrected chi connectivity index (χ0v) is 9.21. The summed E-state index contributed by atoms with van der Waals surface area (Å²) in [5, 5.41) is 2.01. The number of amides is 1. The van der Waals surface area contributed by atoms with E-state index in [1.54, 1.807) is 0 Å². The number of hydrogen-bond acceptors (Lipinski definition) is 4. The van der Waals surface area contributed by atoms with Gasteiger partial charge in [-0.1, -0.05) is 0 Å². The lowest BCUT2D eigenvalue weighted by molar-refractivity contribution is -0.163. The number of carbonyl (C=O) groups excluding carboxylic acids is 1. The van der Waals surface area contributed by atoms with Crippen molar-refractivity contribution in [1.29, 1.82) is 0 Å². The molecule has 1 aromatic heterocycles. The Morgan fingerprint density at radius 3 is 2.61 bits per heavy atom. The Kier molecular flexibility index (Phi) is 2.89. The predicted molar refractivity (Wildman–Crippen MR) is 57.5 cm³/mol. The summed E-state index contributed by atoms with van der Waals surface area (Å²) in [5.41, 5.74) is 0.229. The molecule has 0 atom stereocenters. The summed E-state index contributed by atoms with van der Waals surface area (Å²) in [4.78, 5) is 15.5. The van der Waals surface area contributed by atoms with Crippen LogP contribution in [-0.2, 0) is 0 Å². The molecule has 0 aliphatic heterocycles. The minimum absolute atomic E-state index is 0.0773. The van der Waals surface area contributed by atoms with Crippen molar-refractivity contribution >= 4 is 11.7 Å². The molecule has 0 aromatic carbocycles. The summed E-state index contributed by atoms with van der Waals surface area (Å²) in [6.45, 7) is 0. The number of rotatable bonds is 3. The standard InChI is InChI=1S/C10H11F3N4O/c11-10(12,13)9(2-3-9)16-8(18)6-1-4-15-7(5-6)17-14/h1,4-5H,2-3,14H2,(H,15,17)(H,16,18). The third-order valence-corrected chi connectivity index (χ3v) is 2.82. The third-order valence-electron chi connectivity index (χ3n) is 2.82. The summed E-state index contributed by atoms with van der Waals surface area (Å²) in [7, 11) is 0. The van der Waals surface area contributed by atoms with Crippen LogP contribution in [-0.4, -0.2) is 22.6 Å². The minimum Gasteiger partial charge on any atom is -0.338 e. The monoisotopic (exact) mass is 260 g/mol. The number of pyridine rings is 1. The van der Waals surface area contributed by atoms with Crippen LogP contribution in [0.15, 0.2) is 18.3 Å². The first-order valence-electron chi connectivity index (χ1n) is 5.20. The number of nitrogens with zero attached hydrogens (tertiary/aromatic N) is 1. The largest absolute Gasteiger partial charge is 0.411 e. The topological polar surface area (TPSA) is 80.0 Å². The number of hydrazine groups is 1. The molecule has 1 heterocycles. The number of nitrogens with two attached hydrogens (primary N) is 1. The molecule has 1 amide bonds. The van der Waals surface area contributed by atoms with Crippen LogP contribution in [0.5, 0.6) is 0 Å². The van der Waals surface area contributed by atoms with Gasteiger partial charge in [-0.25, -0.2) is 10.8 Å². The Morgan fingerprint density at radius 1 is 1.44 bits per heavy atom. The molecule has 8 heteroatoms. The van der Waals surface area contributed by atoms with E-state index in [-0.39, 0.29) is 24.2 Å². The Bertz CT molecular complexity index is 470. The molecule has 0 saturated heterocycles. The molecular weight excluding hydrogens is 249 g/mol. The van der Waals surface area contributed by atoms with Crippen LogP contribution in [0.25, 0.3) is 0 Å². The van der Waals surface area contributed by atoms with Gasteiger partial charge in [0.2, 0.25) is 0 Å². The van der Waals surface area contributed by atoms with Crippen LogP contribution in [0, 0.1) is 0 Å². The SMILES string of the molecule is NNc1cc(C(=O)NC2(C(F)(F)F)CC2)ccn1. The van der Waals surface area contributed by atoms with E-state index < -0.39 is 17.6 Å². The van der Waals surface area contributed by atoms with Gasteiger partial charge in [-0.15, -0.1) is 0 Å².